The molecule has 1 aromatic carbocycles. The fourth-order valence-electron chi connectivity index (χ4n) is 2.47. The summed E-state index contributed by atoms with van der Waals surface area (Å²) in [6, 6.07) is 7.49. The molecule has 2 unspecified atom stereocenters. The van der Waals surface area contributed by atoms with Crippen molar-refractivity contribution in [2.75, 3.05) is 18.1 Å². The van der Waals surface area contributed by atoms with E-state index in [0.717, 1.165) is 12.1 Å². The minimum atomic E-state index is -0.385. The number of amides is 3. The van der Waals surface area contributed by atoms with E-state index in [1.54, 1.807) is 7.05 Å². The maximum atomic E-state index is 12.1. The Kier molecular flexibility index (Phi) is 7.27. The molecule has 2 atom stereocenters. The van der Waals surface area contributed by atoms with Gasteiger partial charge in [-0.1, -0.05) is 19.1 Å². The molecule has 0 aromatic heterocycles. The van der Waals surface area contributed by atoms with Crippen LogP contribution >= 0.6 is 11.8 Å². The number of thioether (sulfide) groups is 1. The molecule has 4 N–H and O–H groups in total. The van der Waals surface area contributed by atoms with Crippen molar-refractivity contribution in [1.29, 1.82) is 0 Å². The van der Waals surface area contributed by atoms with E-state index in [9.17, 15) is 14.4 Å². The van der Waals surface area contributed by atoms with Crippen molar-refractivity contribution in [3.63, 3.8) is 0 Å². The largest absolute Gasteiger partial charge is 0.359 e. The number of benzene rings is 1. The van der Waals surface area contributed by atoms with Crippen molar-refractivity contribution in [2.24, 2.45) is 0 Å². The highest BCUT2D eigenvalue weighted by molar-refractivity contribution is 8.00. The zero-order valence-electron chi connectivity index (χ0n) is 14.4. The van der Waals surface area contributed by atoms with Crippen molar-refractivity contribution >= 4 is 35.2 Å². The minimum absolute atomic E-state index is 0.121. The number of anilines is 1. The summed E-state index contributed by atoms with van der Waals surface area (Å²) in [6.45, 7) is 2.08. The van der Waals surface area contributed by atoms with E-state index < -0.39 is 0 Å². The van der Waals surface area contributed by atoms with Gasteiger partial charge in [0.2, 0.25) is 17.7 Å². The lowest BCUT2D eigenvalue weighted by Crippen LogP contribution is -2.55. The number of rotatable bonds is 7. The fourth-order valence-corrected chi connectivity index (χ4v) is 3.36. The van der Waals surface area contributed by atoms with Gasteiger partial charge in [0.05, 0.1) is 5.75 Å². The van der Waals surface area contributed by atoms with Crippen LogP contribution in [0.2, 0.25) is 0 Å². The average Bonchev–Trinajstić information content (AvgIpc) is 2.60. The maximum absolute atomic E-state index is 12.1. The molecule has 1 aliphatic heterocycles. The summed E-state index contributed by atoms with van der Waals surface area (Å²) in [6.07, 6.45) is 1.44. The zero-order chi connectivity index (χ0) is 18.2. The minimum Gasteiger partial charge on any atom is -0.359 e. The fraction of sp³-hybridized carbons (Fsp3) is 0.471. The summed E-state index contributed by atoms with van der Waals surface area (Å²) in [5, 5.41) is 11.3. The van der Waals surface area contributed by atoms with Gasteiger partial charge in [0.1, 0.15) is 5.50 Å². The number of carbonyl (C=O) groups excluding carboxylic acids is 3. The molecule has 1 aliphatic rings. The van der Waals surface area contributed by atoms with Crippen LogP contribution in [0.5, 0.6) is 0 Å². The van der Waals surface area contributed by atoms with Crippen LogP contribution in [-0.2, 0) is 20.8 Å². The van der Waals surface area contributed by atoms with Crippen molar-refractivity contribution < 1.29 is 14.4 Å². The highest BCUT2D eigenvalue weighted by Crippen LogP contribution is 2.15. The van der Waals surface area contributed by atoms with E-state index >= 15 is 0 Å². The van der Waals surface area contributed by atoms with E-state index in [1.807, 2.05) is 24.3 Å². The second-order valence-electron chi connectivity index (χ2n) is 5.80. The quantitative estimate of drug-likeness (QED) is 0.574. The molecule has 0 aliphatic carbocycles. The molecule has 0 spiro atoms. The van der Waals surface area contributed by atoms with Gasteiger partial charge < -0.3 is 16.0 Å². The van der Waals surface area contributed by atoms with Gasteiger partial charge in [-0.15, -0.1) is 11.8 Å². The summed E-state index contributed by atoms with van der Waals surface area (Å²) in [5.41, 5.74) is 1.58. The van der Waals surface area contributed by atoms with Crippen LogP contribution in [0.15, 0.2) is 24.3 Å². The molecule has 1 aromatic rings. The van der Waals surface area contributed by atoms with Gasteiger partial charge in [-0.2, -0.15) is 0 Å². The van der Waals surface area contributed by atoms with Crippen LogP contribution < -0.4 is 21.3 Å². The van der Waals surface area contributed by atoms with E-state index in [1.165, 1.54) is 17.3 Å². The summed E-state index contributed by atoms with van der Waals surface area (Å²) in [4.78, 5) is 35.3. The van der Waals surface area contributed by atoms with Crippen LogP contribution in [0.3, 0.4) is 0 Å². The number of carbonyl (C=O) groups is 3. The van der Waals surface area contributed by atoms with Gasteiger partial charge in [0, 0.05) is 31.6 Å². The van der Waals surface area contributed by atoms with Gasteiger partial charge in [-0.3, -0.25) is 19.7 Å². The van der Waals surface area contributed by atoms with Gasteiger partial charge >= 0.3 is 0 Å². The summed E-state index contributed by atoms with van der Waals surface area (Å²) >= 11 is 1.29. The van der Waals surface area contributed by atoms with Crippen LogP contribution in [0, 0.1) is 0 Å². The first-order chi connectivity index (χ1) is 12.0. The zero-order valence-corrected chi connectivity index (χ0v) is 15.2. The number of hydrogen-bond donors (Lipinski definition) is 4. The van der Waals surface area contributed by atoms with E-state index in [0.29, 0.717) is 0 Å². The molecule has 2 rings (SSSR count). The standard InChI is InChI=1S/C17H24N4O3S/c1-3-11-4-6-12(7-5-11)19-16(24)10-25-17-20-13(8-14(22)18-2)9-15(23)21-17/h4-7,13,17,20H,3,8-10H2,1-2H3,(H,18,22)(H,19,24)(H,21,23). The van der Waals surface area contributed by atoms with Gasteiger partial charge in [0.25, 0.3) is 0 Å². The normalized spacial score (nSPS) is 19.8. The first-order valence-electron chi connectivity index (χ1n) is 8.26. The Labute approximate surface area is 151 Å². The van der Waals surface area contributed by atoms with Gasteiger partial charge in [-0.05, 0) is 24.1 Å². The van der Waals surface area contributed by atoms with Gasteiger partial charge in [-0.25, -0.2) is 0 Å². The first kappa shape index (κ1) is 19.3. The first-order valence-corrected chi connectivity index (χ1v) is 9.31. The van der Waals surface area contributed by atoms with Crippen molar-refractivity contribution in [1.82, 2.24) is 16.0 Å². The molecule has 0 bridgehead atoms. The summed E-state index contributed by atoms with van der Waals surface area (Å²) in [7, 11) is 1.56. The molecular formula is C17H24N4O3S. The Morgan fingerprint density at radius 3 is 2.60 bits per heavy atom. The molecule has 1 saturated heterocycles. The topological polar surface area (TPSA) is 99.3 Å². The summed E-state index contributed by atoms with van der Waals surface area (Å²) < 4.78 is 0. The SMILES string of the molecule is CCc1ccc(NC(=O)CSC2NC(=O)CC(CC(=O)NC)N2)cc1. The Morgan fingerprint density at radius 1 is 1.24 bits per heavy atom. The molecular weight excluding hydrogens is 340 g/mol. The highest BCUT2D eigenvalue weighted by atomic mass is 32.2. The third kappa shape index (κ3) is 6.39. The molecule has 25 heavy (non-hydrogen) atoms. The monoisotopic (exact) mass is 364 g/mol. The molecule has 1 heterocycles. The third-order valence-corrected chi connectivity index (χ3v) is 4.86. The van der Waals surface area contributed by atoms with Crippen molar-refractivity contribution in [2.45, 2.75) is 37.7 Å². The number of nitrogens with one attached hydrogen (secondary N) is 4. The smallest absolute Gasteiger partial charge is 0.234 e. The van der Waals surface area contributed by atoms with E-state index in [2.05, 4.69) is 28.2 Å². The van der Waals surface area contributed by atoms with Crippen LogP contribution in [0.4, 0.5) is 5.69 Å². The lowest BCUT2D eigenvalue weighted by molar-refractivity contribution is -0.125. The molecule has 8 heteroatoms. The van der Waals surface area contributed by atoms with Crippen molar-refractivity contribution in [3.05, 3.63) is 29.8 Å². The Hall–Kier alpha value is -2.06. The predicted molar refractivity (Wildman–Crippen MR) is 99.1 cm³/mol. The lowest BCUT2D eigenvalue weighted by Gasteiger charge is -2.30. The van der Waals surface area contributed by atoms with Crippen LogP contribution in [0.25, 0.3) is 0 Å². The molecule has 0 saturated carbocycles. The van der Waals surface area contributed by atoms with Gasteiger partial charge in [0.15, 0.2) is 0 Å². The lowest BCUT2D eigenvalue weighted by atomic mass is 10.1. The molecule has 3 amide bonds. The van der Waals surface area contributed by atoms with E-state index in [-0.39, 0.29) is 47.9 Å². The number of hydrogen-bond acceptors (Lipinski definition) is 5. The third-order valence-electron chi connectivity index (χ3n) is 3.85. The predicted octanol–water partition coefficient (Wildman–Crippen LogP) is 0.819. The Morgan fingerprint density at radius 2 is 1.96 bits per heavy atom. The Bertz CT molecular complexity index is 621. The second-order valence-corrected chi connectivity index (χ2v) is 6.90. The van der Waals surface area contributed by atoms with Crippen molar-refractivity contribution in [3.8, 4) is 0 Å². The number of aryl methyl sites for hydroxylation is 1. The maximum Gasteiger partial charge on any atom is 0.234 e. The van der Waals surface area contributed by atoms with Crippen LogP contribution in [-0.4, -0.2) is 42.1 Å². The average molecular weight is 364 g/mol. The molecule has 136 valence electrons. The molecule has 7 nitrogen and oxygen atoms in total. The van der Waals surface area contributed by atoms with Crippen LogP contribution in [0.1, 0.15) is 25.3 Å². The highest BCUT2D eigenvalue weighted by Gasteiger charge is 2.27. The Balaban J connectivity index is 1.79. The molecule has 0 radical (unpaired) electrons. The van der Waals surface area contributed by atoms with E-state index in [4.69, 9.17) is 0 Å². The second kappa shape index (κ2) is 9.43. The summed E-state index contributed by atoms with van der Waals surface area (Å²) in [5.74, 6) is -0.191. The molecule has 1 fully saturated rings.